The van der Waals surface area contributed by atoms with Gasteiger partial charge in [-0.15, -0.1) is 0 Å². The van der Waals surface area contributed by atoms with Crippen LogP contribution in [0.25, 0.3) is 0 Å². The largest absolute Gasteiger partial charge is 0.481 e. The topological polar surface area (TPSA) is 66.6 Å². The predicted molar refractivity (Wildman–Crippen MR) is 68.7 cm³/mol. The van der Waals surface area contributed by atoms with Crippen LogP contribution < -0.4 is 0 Å². The molecule has 1 saturated heterocycles. The maximum atomic E-state index is 11.6. The third kappa shape index (κ3) is 1.87. The van der Waals surface area contributed by atoms with Crippen LogP contribution in [0.15, 0.2) is 4.52 Å². The van der Waals surface area contributed by atoms with Crippen molar-refractivity contribution < 1.29 is 14.4 Å². The number of likely N-dealkylation sites (tertiary alicyclic amines) is 1. The summed E-state index contributed by atoms with van der Waals surface area (Å²) in [6.45, 7) is 6.16. The molecular formula is C14H20N2O3. The lowest BCUT2D eigenvalue weighted by molar-refractivity contribution is -0.149. The summed E-state index contributed by atoms with van der Waals surface area (Å²) >= 11 is 0. The molecule has 1 aliphatic carbocycles. The van der Waals surface area contributed by atoms with E-state index in [0.717, 1.165) is 49.4 Å². The lowest BCUT2D eigenvalue weighted by Gasteiger charge is -2.23. The molecule has 2 atom stereocenters. The molecule has 19 heavy (non-hydrogen) atoms. The molecule has 104 valence electrons. The van der Waals surface area contributed by atoms with E-state index in [-0.39, 0.29) is 0 Å². The molecule has 1 aliphatic heterocycles. The molecule has 0 bridgehead atoms. The minimum atomic E-state index is -0.615. The SMILES string of the molecule is Cc1noc(C)c1CN1C[C@@H]2CCC[C@@]2(C(=O)O)C1. The maximum absolute atomic E-state index is 11.6. The molecule has 5 heteroatoms. The van der Waals surface area contributed by atoms with Crippen LogP contribution in [-0.2, 0) is 11.3 Å². The van der Waals surface area contributed by atoms with E-state index < -0.39 is 11.4 Å². The first-order valence-electron chi connectivity index (χ1n) is 6.90. The Kier molecular flexibility index (Phi) is 2.89. The number of aryl methyl sites for hydroxylation is 2. The maximum Gasteiger partial charge on any atom is 0.311 e. The standard InChI is InChI=1S/C14H20N2O3/c1-9-12(10(2)19-15-9)7-16-6-11-4-3-5-14(11,8-16)13(17)18/h11H,3-8H2,1-2H3,(H,17,18)/t11-,14+/m0/s1. The number of aliphatic carboxylic acids is 1. The number of aromatic nitrogens is 1. The van der Waals surface area contributed by atoms with Gasteiger partial charge in [-0.25, -0.2) is 0 Å². The molecular weight excluding hydrogens is 244 g/mol. The van der Waals surface area contributed by atoms with Crippen LogP contribution >= 0.6 is 0 Å². The third-order valence-electron chi connectivity index (χ3n) is 4.93. The highest BCUT2D eigenvalue weighted by Crippen LogP contribution is 2.49. The van der Waals surface area contributed by atoms with Gasteiger partial charge in [-0.1, -0.05) is 11.6 Å². The van der Waals surface area contributed by atoms with Crippen molar-refractivity contribution in [2.75, 3.05) is 13.1 Å². The fourth-order valence-corrected chi connectivity index (χ4v) is 3.81. The van der Waals surface area contributed by atoms with Crippen molar-refractivity contribution in [2.24, 2.45) is 11.3 Å². The molecule has 1 N–H and O–H groups in total. The van der Waals surface area contributed by atoms with Gasteiger partial charge in [0.05, 0.1) is 11.1 Å². The van der Waals surface area contributed by atoms with Crippen molar-refractivity contribution in [3.63, 3.8) is 0 Å². The van der Waals surface area contributed by atoms with Gasteiger partial charge >= 0.3 is 5.97 Å². The smallest absolute Gasteiger partial charge is 0.311 e. The number of carboxylic acid groups (broad SMARTS) is 1. The van der Waals surface area contributed by atoms with E-state index in [2.05, 4.69) is 10.1 Å². The molecule has 0 aromatic carbocycles. The molecule has 2 fully saturated rings. The highest BCUT2D eigenvalue weighted by molar-refractivity contribution is 5.76. The second-order valence-electron chi connectivity index (χ2n) is 6.02. The molecule has 3 rings (SSSR count). The lowest BCUT2D eigenvalue weighted by atomic mass is 9.81. The van der Waals surface area contributed by atoms with Gasteiger partial charge in [0.25, 0.3) is 0 Å². The molecule has 1 aromatic heterocycles. The van der Waals surface area contributed by atoms with Crippen LogP contribution in [0.5, 0.6) is 0 Å². The van der Waals surface area contributed by atoms with Crippen molar-refractivity contribution in [1.82, 2.24) is 10.1 Å². The van der Waals surface area contributed by atoms with E-state index in [1.807, 2.05) is 13.8 Å². The number of nitrogens with zero attached hydrogens (tertiary/aromatic N) is 2. The van der Waals surface area contributed by atoms with E-state index in [9.17, 15) is 9.90 Å². The zero-order valence-corrected chi connectivity index (χ0v) is 11.5. The van der Waals surface area contributed by atoms with Crippen LogP contribution in [0, 0.1) is 25.2 Å². The minimum Gasteiger partial charge on any atom is -0.481 e. The fraction of sp³-hybridized carbons (Fsp3) is 0.714. The van der Waals surface area contributed by atoms with Gasteiger partial charge in [-0.05, 0) is 32.6 Å². The van der Waals surface area contributed by atoms with E-state index in [1.54, 1.807) is 0 Å². The van der Waals surface area contributed by atoms with Crippen LogP contribution in [0.3, 0.4) is 0 Å². The molecule has 0 spiro atoms. The quantitative estimate of drug-likeness (QED) is 0.904. The molecule has 2 aliphatic rings. The summed E-state index contributed by atoms with van der Waals surface area (Å²) < 4.78 is 5.18. The Hall–Kier alpha value is -1.36. The summed E-state index contributed by atoms with van der Waals surface area (Å²) in [7, 11) is 0. The van der Waals surface area contributed by atoms with Gasteiger partial charge < -0.3 is 9.63 Å². The Balaban J connectivity index is 1.78. The molecule has 1 saturated carbocycles. The molecule has 1 aromatic rings. The number of rotatable bonds is 3. The molecule has 2 heterocycles. The van der Waals surface area contributed by atoms with Crippen molar-refractivity contribution in [2.45, 2.75) is 39.7 Å². The second-order valence-corrected chi connectivity index (χ2v) is 6.02. The summed E-state index contributed by atoms with van der Waals surface area (Å²) in [6, 6.07) is 0. The van der Waals surface area contributed by atoms with Crippen molar-refractivity contribution >= 4 is 5.97 Å². The Labute approximate surface area is 112 Å². The minimum absolute atomic E-state index is 0.311. The van der Waals surface area contributed by atoms with Crippen LogP contribution in [0.4, 0.5) is 0 Å². The summed E-state index contributed by atoms with van der Waals surface area (Å²) in [4.78, 5) is 13.9. The Bertz CT molecular complexity index is 491. The van der Waals surface area contributed by atoms with Gasteiger partial charge in [0.1, 0.15) is 5.76 Å². The van der Waals surface area contributed by atoms with E-state index in [4.69, 9.17) is 4.52 Å². The third-order valence-corrected chi connectivity index (χ3v) is 4.93. The lowest BCUT2D eigenvalue weighted by Crippen LogP contribution is -2.35. The fourth-order valence-electron chi connectivity index (χ4n) is 3.81. The first kappa shape index (κ1) is 12.7. The monoisotopic (exact) mass is 264 g/mol. The average molecular weight is 264 g/mol. The number of hydrogen-bond acceptors (Lipinski definition) is 4. The first-order chi connectivity index (χ1) is 9.03. The van der Waals surface area contributed by atoms with Crippen molar-refractivity contribution in [3.05, 3.63) is 17.0 Å². The van der Waals surface area contributed by atoms with E-state index in [1.165, 1.54) is 0 Å². The average Bonchev–Trinajstić information content (AvgIpc) is 2.97. The molecule has 0 radical (unpaired) electrons. The summed E-state index contributed by atoms with van der Waals surface area (Å²) in [5.74, 6) is 0.542. The Morgan fingerprint density at radius 3 is 2.95 bits per heavy atom. The van der Waals surface area contributed by atoms with E-state index in [0.29, 0.717) is 12.5 Å². The zero-order chi connectivity index (χ0) is 13.6. The van der Waals surface area contributed by atoms with Crippen LogP contribution in [0.1, 0.15) is 36.3 Å². The number of carboxylic acids is 1. The van der Waals surface area contributed by atoms with Crippen LogP contribution in [0.2, 0.25) is 0 Å². The molecule has 5 nitrogen and oxygen atoms in total. The van der Waals surface area contributed by atoms with Crippen molar-refractivity contribution in [3.8, 4) is 0 Å². The molecule has 0 unspecified atom stereocenters. The highest BCUT2D eigenvalue weighted by atomic mass is 16.5. The van der Waals surface area contributed by atoms with Gasteiger partial charge in [0.2, 0.25) is 0 Å². The number of hydrogen-bond donors (Lipinski definition) is 1. The number of carbonyl (C=O) groups is 1. The first-order valence-corrected chi connectivity index (χ1v) is 6.90. The predicted octanol–water partition coefficient (Wildman–Crippen LogP) is 1.98. The van der Waals surface area contributed by atoms with Crippen molar-refractivity contribution in [1.29, 1.82) is 0 Å². The summed E-state index contributed by atoms with van der Waals surface area (Å²) in [6.07, 6.45) is 2.92. The summed E-state index contributed by atoms with van der Waals surface area (Å²) in [5.41, 5.74) is 1.53. The summed E-state index contributed by atoms with van der Waals surface area (Å²) in [5, 5.41) is 13.5. The van der Waals surface area contributed by atoms with E-state index >= 15 is 0 Å². The number of fused-ring (bicyclic) bond motifs is 1. The second kappa shape index (κ2) is 4.34. The van der Waals surface area contributed by atoms with Gasteiger partial charge in [-0.3, -0.25) is 9.69 Å². The van der Waals surface area contributed by atoms with Gasteiger partial charge in [0.15, 0.2) is 0 Å². The highest BCUT2D eigenvalue weighted by Gasteiger charge is 2.54. The van der Waals surface area contributed by atoms with Gasteiger partial charge in [0, 0.05) is 25.2 Å². The van der Waals surface area contributed by atoms with Crippen LogP contribution in [-0.4, -0.2) is 34.2 Å². The Morgan fingerprint density at radius 2 is 2.37 bits per heavy atom. The molecule has 0 amide bonds. The zero-order valence-electron chi connectivity index (χ0n) is 11.5. The normalized spacial score (nSPS) is 30.7. The van der Waals surface area contributed by atoms with Gasteiger partial charge in [-0.2, -0.15) is 0 Å². The Morgan fingerprint density at radius 1 is 1.58 bits per heavy atom.